The molecule has 4 unspecified atom stereocenters. The number of hydrogen-bond acceptors (Lipinski definition) is 7. The Balaban J connectivity index is 2.08. The molecule has 4 atom stereocenters. The normalized spacial score (nSPS) is 15.2. The molecule has 164 valence electrons. The van der Waals surface area contributed by atoms with Crippen molar-refractivity contribution in [1.29, 1.82) is 0 Å². The highest BCUT2D eigenvalue weighted by atomic mass is 16.6. The van der Waals surface area contributed by atoms with Gasteiger partial charge in [-0.15, -0.1) is 0 Å². The molecule has 0 fully saturated rings. The standard InChI is InChI=1S/C23H32N2O5/c1-15(29-17(3)26)24(5)21-11-7-19(8-12-21)23(28)20-9-13-22(14-10-20)25(6)16(2)30-18(4)27/h7-18,26-27H,1-6H3. The molecule has 0 amide bonds. The van der Waals surface area contributed by atoms with Crippen LogP contribution in [0.15, 0.2) is 48.5 Å². The van der Waals surface area contributed by atoms with Crippen LogP contribution in [0.4, 0.5) is 11.4 Å². The highest BCUT2D eigenvalue weighted by Crippen LogP contribution is 2.21. The van der Waals surface area contributed by atoms with Gasteiger partial charge in [0.1, 0.15) is 12.5 Å². The lowest BCUT2D eigenvalue weighted by Crippen LogP contribution is -2.34. The minimum absolute atomic E-state index is 0.0695. The summed E-state index contributed by atoms with van der Waals surface area (Å²) < 4.78 is 10.7. The largest absolute Gasteiger partial charge is 0.368 e. The van der Waals surface area contributed by atoms with Crippen LogP contribution in [-0.4, -0.2) is 55.1 Å². The van der Waals surface area contributed by atoms with Gasteiger partial charge in [-0.1, -0.05) is 0 Å². The molecule has 2 aromatic rings. The Morgan fingerprint density at radius 3 is 1.27 bits per heavy atom. The van der Waals surface area contributed by atoms with Gasteiger partial charge in [0.15, 0.2) is 18.4 Å². The molecule has 0 saturated heterocycles. The highest BCUT2D eigenvalue weighted by molar-refractivity contribution is 6.09. The van der Waals surface area contributed by atoms with E-state index in [9.17, 15) is 15.0 Å². The fourth-order valence-corrected chi connectivity index (χ4v) is 3.04. The van der Waals surface area contributed by atoms with E-state index in [1.54, 1.807) is 38.1 Å². The van der Waals surface area contributed by atoms with E-state index in [4.69, 9.17) is 9.47 Å². The Morgan fingerprint density at radius 1 is 0.700 bits per heavy atom. The van der Waals surface area contributed by atoms with E-state index < -0.39 is 12.6 Å². The third-order valence-corrected chi connectivity index (χ3v) is 4.95. The Hall–Kier alpha value is -2.45. The second-order valence-corrected chi connectivity index (χ2v) is 7.31. The van der Waals surface area contributed by atoms with Gasteiger partial charge in [0.25, 0.3) is 0 Å². The third kappa shape index (κ3) is 6.27. The molecular weight excluding hydrogens is 384 g/mol. The number of rotatable bonds is 10. The molecule has 0 bridgehead atoms. The summed E-state index contributed by atoms with van der Waals surface area (Å²) in [6.45, 7) is 6.82. The predicted molar refractivity (Wildman–Crippen MR) is 118 cm³/mol. The number of carbonyl (C=O) groups is 1. The second kappa shape index (κ2) is 10.5. The van der Waals surface area contributed by atoms with Gasteiger partial charge in [0, 0.05) is 36.6 Å². The predicted octanol–water partition coefficient (Wildman–Crippen LogP) is 3.19. The Bertz CT molecular complexity index is 738. The number of hydrogen-bond donors (Lipinski definition) is 2. The molecule has 2 aromatic carbocycles. The van der Waals surface area contributed by atoms with E-state index in [1.165, 1.54) is 0 Å². The summed E-state index contributed by atoms with van der Waals surface area (Å²) in [5.41, 5.74) is 2.93. The van der Waals surface area contributed by atoms with Crippen LogP contribution >= 0.6 is 0 Å². The van der Waals surface area contributed by atoms with E-state index >= 15 is 0 Å². The van der Waals surface area contributed by atoms with Gasteiger partial charge in [0.05, 0.1) is 0 Å². The van der Waals surface area contributed by atoms with Gasteiger partial charge in [0.2, 0.25) is 0 Å². The first-order valence-corrected chi connectivity index (χ1v) is 9.97. The minimum Gasteiger partial charge on any atom is -0.368 e. The van der Waals surface area contributed by atoms with Crippen molar-refractivity contribution in [3.8, 4) is 0 Å². The zero-order chi connectivity index (χ0) is 22.4. The molecule has 0 spiro atoms. The van der Waals surface area contributed by atoms with Crippen LogP contribution in [0.1, 0.15) is 43.6 Å². The van der Waals surface area contributed by atoms with Crippen molar-refractivity contribution in [2.45, 2.75) is 52.7 Å². The Labute approximate surface area is 178 Å². The van der Waals surface area contributed by atoms with E-state index in [1.807, 2.05) is 62.0 Å². The molecule has 0 radical (unpaired) electrons. The van der Waals surface area contributed by atoms with Crippen molar-refractivity contribution in [2.75, 3.05) is 23.9 Å². The summed E-state index contributed by atoms with van der Waals surface area (Å²) in [6, 6.07) is 14.5. The summed E-state index contributed by atoms with van der Waals surface area (Å²) in [7, 11) is 3.72. The van der Waals surface area contributed by atoms with Gasteiger partial charge in [-0.3, -0.25) is 4.79 Å². The van der Waals surface area contributed by atoms with Crippen LogP contribution in [0.5, 0.6) is 0 Å². The lowest BCUT2D eigenvalue weighted by atomic mass is 10.0. The number of benzene rings is 2. The van der Waals surface area contributed by atoms with Gasteiger partial charge in [-0.25, -0.2) is 0 Å². The van der Waals surface area contributed by atoms with Crippen LogP contribution in [0.2, 0.25) is 0 Å². The van der Waals surface area contributed by atoms with Crippen LogP contribution in [0.25, 0.3) is 0 Å². The van der Waals surface area contributed by atoms with Crippen LogP contribution < -0.4 is 9.80 Å². The third-order valence-electron chi connectivity index (χ3n) is 4.95. The summed E-state index contributed by atoms with van der Waals surface area (Å²) in [5, 5.41) is 18.7. The number of aliphatic hydroxyl groups excluding tert-OH is 2. The van der Waals surface area contributed by atoms with Gasteiger partial charge in [-0.2, -0.15) is 0 Å². The van der Waals surface area contributed by atoms with Crippen molar-refractivity contribution < 1.29 is 24.5 Å². The molecule has 7 nitrogen and oxygen atoms in total. The molecule has 2 rings (SSSR count). The first-order chi connectivity index (χ1) is 14.1. The second-order valence-electron chi connectivity index (χ2n) is 7.31. The van der Waals surface area contributed by atoms with E-state index in [0.717, 1.165) is 11.4 Å². The molecule has 0 heterocycles. The lowest BCUT2D eigenvalue weighted by molar-refractivity contribution is -0.117. The molecule has 0 saturated carbocycles. The fraction of sp³-hybridized carbons (Fsp3) is 0.435. The zero-order valence-corrected chi connectivity index (χ0v) is 18.4. The number of ether oxygens (including phenoxy) is 2. The monoisotopic (exact) mass is 416 g/mol. The first-order valence-electron chi connectivity index (χ1n) is 9.97. The molecule has 7 heteroatoms. The summed E-state index contributed by atoms with van der Waals surface area (Å²) in [6.07, 6.45) is -2.33. The molecule has 0 aromatic heterocycles. The summed E-state index contributed by atoms with van der Waals surface area (Å²) in [5.74, 6) is -0.0695. The molecule has 0 aliphatic heterocycles. The molecule has 0 aliphatic carbocycles. The van der Waals surface area contributed by atoms with Crippen molar-refractivity contribution in [1.82, 2.24) is 0 Å². The molecule has 0 aliphatic rings. The maximum absolute atomic E-state index is 12.8. The fourth-order valence-electron chi connectivity index (χ4n) is 3.04. The highest BCUT2D eigenvalue weighted by Gasteiger charge is 2.16. The van der Waals surface area contributed by atoms with Gasteiger partial charge in [-0.05, 0) is 76.2 Å². The Kier molecular flexibility index (Phi) is 8.37. The molecular formula is C23H32N2O5. The lowest BCUT2D eigenvalue weighted by Gasteiger charge is -2.28. The van der Waals surface area contributed by atoms with Gasteiger partial charge >= 0.3 is 0 Å². The zero-order valence-electron chi connectivity index (χ0n) is 18.4. The average molecular weight is 417 g/mol. The molecule has 30 heavy (non-hydrogen) atoms. The van der Waals surface area contributed by atoms with Gasteiger partial charge < -0.3 is 29.5 Å². The topological polar surface area (TPSA) is 82.5 Å². The number of carbonyl (C=O) groups excluding carboxylic acids is 1. The number of anilines is 2. The van der Waals surface area contributed by atoms with Crippen molar-refractivity contribution in [3.63, 3.8) is 0 Å². The summed E-state index contributed by atoms with van der Waals surface area (Å²) in [4.78, 5) is 16.6. The first kappa shape index (κ1) is 23.8. The number of ketones is 1. The van der Waals surface area contributed by atoms with E-state index in [-0.39, 0.29) is 18.2 Å². The van der Waals surface area contributed by atoms with E-state index in [0.29, 0.717) is 11.1 Å². The van der Waals surface area contributed by atoms with Crippen LogP contribution in [0.3, 0.4) is 0 Å². The minimum atomic E-state index is -0.855. The summed E-state index contributed by atoms with van der Waals surface area (Å²) >= 11 is 0. The van der Waals surface area contributed by atoms with Crippen molar-refractivity contribution in [3.05, 3.63) is 59.7 Å². The average Bonchev–Trinajstić information content (AvgIpc) is 2.71. The Morgan fingerprint density at radius 2 is 1.00 bits per heavy atom. The maximum atomic E-state index is 12.8. The van der Waals surface area contributed by atoms with Crippen molar-refractivity contribution >= 4 is 17.2 Å². The number of nitrogens with zero attached hydrogens (tertiary/aromatic N) is 2. The van der Waals surface area contributed by atoms with Crippen molar-refractivity contribution in [2.24, 2.45) is 0 Å². The van der Waals surface area contributed by atoms with E-state index in [2.05, 4.69) is 0 Å². The number of aliphatic hydroxyl groups is 2. The van der Waals surface area contributed by atoms with Crippen LogP contribution in [-0.2, 0) is 9.47 Å². The maximum Gasteiger partial charge on any atom is 0.193 e. The SMILES string of the molecule is CC(O)OC(C)N(C)c1ccc(C(=O)c2ccc(N(C)C(C)OC(C)O)cc2)cc1. The quantitative estimate of drug-likeness (QED) is 0.455. The molecule has 2 N–H and O–H groups in total. The smallest absolute Gasteiger partial charge is 0.193 e. The van der Waals surface area contributed by atoms with Crippen LogP contribution in [0, 0.1) is 0 Å².